The van der Waals surface area contributed by atoms with Crippen LogP contribution in [0.2, 0.25) is 0 Å². The molecule has 0 saturated heterocycles. The Morgan fingerprint density at radius 3 is 2.53 bits per heavy atom. The first kappa shape index (κ1) is 14.9. The van der Waals surface area contributed by atoms with Crippen LogP contribution < -0.4 is 0 Å². The number of aliphatic hydroxyl groups is 1. The lowest BCUT2D eigenvalue weighted by Gasteiger charge is -2.11. The van der Waals surface area contributed by atoms with Crippen LogP contribution in [0.1, 0.15) is 12.5 Å². The summed E-state index contributed by atoms with van der Waals surface area (Å²) < 4.78 is 37.7. The Morgan fingerprint density at radius 1 is 1.41 bits per heavy atom. The Balaban J connectivity index is 2.77. The second-order valence-corrected chi connectivity index (χ2v) is 5.66. The molecule has 0 bridgehead atoms. The summed E-state index contributed by atoms with van der Waals surface area (Å²) in [4.78, 5) is 0.748. The molecule has 0 radical (unpaired) electrons. The first-order valence-electron chi connectivity index (χ1n) is 4.95. The minimum atomic E-state index is -4.32. The van der Waals surface area contributed by atoms with Crippen molar-refractivity contribution in [2.45, 2.75) is 18.0 Å². The molecule has 0 aliphatic carbocycles. The zero-order chi connectivity index (χ0) is 13.1. The molecule has 0 saturated carbocycles. The monoisotopic (exact) mass is 328 g/mol. The van der Waals surface area contributed by atoms with Crippen LogP contribution in [0.3, 0.4) is 0 Å². The third-order valence-corrected chi connectivity index (χ3v) is 4.42. The number of aliphatic hydroxyl groups excluding tert-OH is 1. The summed E-state index contributed by atoms with van der Waals surface area (Å²) in [6.07, 6.45) is -4.32. The molecule has 0 heterocycles. The Kier molecular flexibility index (Phi) is 5.34. The van der Waals surface area contributed by atoms with Gasteiger partial charge in [0.05, 0.1) is 5.56 Å². The van der Waals surface area contributed by atoms with E-state index in [1.165, 1.54) is 17.8 Å². The molecule has 0 amide bonds. The summed E-state index contributed by atoms with van der Waals surface area (Å²) in [7, 11) is 0. The second kappa shape index (κ2) is 6.11. The predicted molar refractivity (Wildman–Crippen MR) is 66.1 cm³/mol. The largest absolute Gasteiger partial charge is 0.416 e. The van der Waals surface area contributed by atoms with Crippen LogP contribution >= 0.6 is 27.7 Å². The number of benzene rings is 1. The lowest BCUT2D eigenvalue weighted by atomic mass is 10.2. The fourth-order valence-corrected chi connectivity index (χ4v) is 2.73. The summed E-state index contributed by atoms with van der Waals surface area (Å²) in [6, 6.07) is 3.59. The molecule has 1 nitrogen and oxygen atoms in total. The van der Waals surface area contributed by atoms with Gasteiger partial charge in [-0.3, -0.25) is 0 Å². The fourth-order valence-electron chi connectivity index (χ4n) is 1.08. The number of hydrogen-bond donors (Lipinski definition) is 1. The minimum Gasteiger partial charge on any atom is -0.396 e. The molecule has 0 aliphatic rings. The highest BCUT2D eigenvalue weighted by atomic mass is 79.9. The number of hydrogen-bond acceptors (Lipinski definition) is 2. The minimum absolute atomic E-state index is 0.0747. The van der Waals surface area contributed by atoms with Gasteiger partial charge in [-0.25, -0.2) is 0 Å². The maximum Gasteiger partial charge on any atom is 0.416 e. The Hall–Kier alpha value is -0.200. The zero-order valence-corrected chi connectivity index (χ0v) is 11.5. The van der Waals surface area contributed by atoms with Crippen molar-refractivity contribution >= 4 is 27.7 Å². The van der Waals surface area contributed by atoms with E-state index in [-0.39, 0.29) is 12.5 Å². The fraction of sp³-hybridized carbons (Fsp3) is 0.455. The molecule has 0 fully saturated rings. The molecule has 0 aromatic heterocycles. The smallest absolute Gasteiger partial charge is 0.396 e. The quantitative estimate of drug-likeness (QED) is 0.836. The SMILES string of the molecule is CC(CO)CSc1ccc(C(F)(F)F)cc1Br. The summed E-state index contributed by atoms with van der Waals surface area (Å²) >= 11 is 4.55. The van der Waals surface area contributed by atoms with Crippen LogP contribution in [-0.2, 0) is 6.18 Å². The molecular weight excluding hydrogens is 317 g/mol. The van der Waals surface area contributed by atoms with Crippen molar-refractivity contribution in [2.24, 2.45) is 5.92 Å². The lowest BCUT2D eigenvalue weighted by molar-refractivity contribution is -0.137. The standard InChI is InChI=1S/C11H12BrF3OS/c1-7(5-16)6-17-10-3-2-8(4-9(10)12)11(13,14)15/h2-4,7,16H,5-6H2,1H3. The van der Waals surface area contributed by atoms with Gasteiger partial charge in [-0.15, -0.1) is 11.8 Å². The maximum atomic E-state index is 12.4. The van der Waals surface area contributed by atoms with Crippen LogP contribution in [0.15, 0.2) is 27.6 Å². The van der Waals surface area contributed by atoms with Crippen LogP contribution in [0.4, 0.5) is 13.2 Å². The van der Waals surface area contributed by atoms with Gasteiger partial charge in [-0.05, 0) is 40.0 Å². The Bertz CT molecular complexity index is 381. The highest BCUT2D eigenvalue weighted by molar-refractivity contribution is 9.10. The summed E-state index contributed by atoms with van der Waals surface area (Å²) in [5, 5.41) is 8.86. The number of rotatable bonds is 4. The Labute approximate surface area is 111 Å². The van der Waals surface area contributed by atoms with Crippen LogP contribution in [-0.4, -0.2) is 17.5 Å². The summed E-state index contributed by atoms with van der Waals surface area (Å²) in [5.74, 6) is 0.787. The number of halogens is 4. The molecule has 96 valence electrons. The third kappa shape index (κ3) is 4.52. The zero-order valence-electron chi connectivity index (χ0n) is 9.09. The van der Waals surface area contributed by atoms with E-state index in [9.17, 15) is 13.2 Å². The molecule has 1 aromatic rings. The normalized spacial score (nSPS) is 13.8. The van der Waals surface area contributed by atoms with Crippen molar-refractivity contribution in [2.75, 3.05) is 12.4 Å². The molecule has 6 heteroatoms. The third-order valence-electron chi connectivity index (χ3n) is 2.09. The van der Waals surface area contributed by atoms with Crippen molar-refractivity contribution in [3.63, 3.8) is 0 Å². The van der Waals surface area contributed by atoms with Gasteiger partial charge in [0.1, 0.15) is 0 Å². The van der Waals surface area contributed by atoms with E-state index in [0.717, 1.165) is 17.0 Å². The van der Waals surface area contributed by atoms with Crippen molar-refractivity contribution in [3.8, 4) is 0 Å². The van der Waals surface area contributed by atoms with Gasteiger partial charge in [0.2, 0.25) is 0 Å². The molecule has 17 heavy (non-hydrogen) atoms. The predicted octanol–water partition coefficient (Wildman–Crippen LogP) is 4.19. The van der Waals surface area contributed by atoms with E-state index in [1.54, 1.807) is 0 Å². The van der Waals surface area contributed by atoms with E-state index >= 15 is 0 Å². The van der Waals surface area contributed by atoms with Gasteiger partial charge in [0.15, 0.2) is 0 Å². The van der Waals surface area contributed by atoms with Gasteiger partial charge in [-0.2, -0.15) is 13.2 Å². The highest BCUT2D eigenvalue weighted by Crippen LogP contribution is 2.35. The van der Waals surface area contributed by atoms with Gasteiger partial charge in [-0.1, -0.05) is 6.92 Å². The molecule has 1 aromatic carbocycles. The average molecular weight is 329 g/mol. The topological polar surface area (TPSA) is 20.2 Å². The molecule has 1 rings (SSSR count). The molecule has 0 aliphatic heterocycles. The van der Waals surface area contributed by atoms with Crippen molar-refractivity contribution in [3.05, 3.63) is 28.2 Å². The summed E-state index contributed by atoms with van der Waals surface area (Å²) in [6.45, 7) is 1.95. The highest BCUT2D eigenvalue weighted by Gasteiger charge is 2.30. The molecule has 1 unspecified atom stereocenters. The van der Waals surface area contributed by atoms with Crippen LogP contribution in [0.25, 0.3) is 0 Å². The average Bonchev–Trinajstić information content (AvgIpc) is 2.25. The van der Waals surface area contributed by atoms with Crippen LogP contribution in [0.5, 0.6) is 0 Å². The maximum absolute atomic E-state index is 12.4. The molecule has 1 N–H and O–H groups in total. The van der Waals surface area contributed by atoms with E-state index in [4.69, 9.17) is 5.11 Å². The van der Waals surface area contributed by atoms with Gasteiger partial charge in [0, 0.05) is 21.7 Å². The molecule has 1 atom stereocenters. The van der Waals surface area contributed by atoms with Gasteiger partial charge >= 0.3 is 6.18 Å². The lowest BCUT2D eigenvalue weighted by Crippen LogP contribution is -2.05. The van der Waals surface area contributed by atoms with Gasteiger partial charge < -0.3 is 5.11 Å². The van der Waals surface area contributed by atoms with E-state index < -0.39 is 11.7 Å². The second-order valence-electron chi connectivity index (χ2n) is 3.74. The first-order valence-corrected chi connectivity index (χ1v) is 6.73. The number of thioether (sulfide) groups is 1. The van der Waals surface area contributed by atoms with Crippen molar-refractivity contribution in [1.82, 2.24) is 0 Å². The number of alkyl halides is 3. The van der Waals surface area contributed by atoms with Crippen LogP contribution in [0, 0.1) is 5.92 Å². The van der Waals surface area contributed by atoms with Crippen molar-refractivity contribution < 1.29 is 18.3 Å². The van der Waals surface area contributed by atoms with E-state index in [2.05, 4.69) is 15.9 Å². The van der Waals surface area contributed by atoms with Gasteiger partial charge in [0.25, 0.3) is 0 Å². The first-order chi connectivity index (χ1) is 7.84. The van der Waals surface area contributed by atoms with Crippen molar-refractivity contribution in [1.29, 1.82) is 0 Å². The summed E-state index contributed by atoms with van der Waals surface area (Å²) in [5.41, 5.74) is -0.663. The molecular formula is C11H12BrF3OS. The van der Waals surface area contributed by atoms with E-state index in [1.807, 2.05) is 6.92 Å². The van der Waals surface area contributed by atoms with E-state index in [0.29, 0.717) is 10.2 Å². The molecule has 0 spiro atoms. The Morgan fingerprint density at radius 2 is 2.06 bits per heavy atom.